The van der Waals surface area contributed by atoms with Crippen LogP contribution in [0.5, 0.6) is 0 Å². The molecule has 0 saturated carbocycles. The standard InChI is InChI=1S/C13H15N3O2/c1-8-7-10(17)11-12(14-8)15-16(13(11)18)9-5-3-2-4-6-9/h2-6,8,11-12,14-15H,7H2,1H3. The van der Waals surface area contributed by atoms with E-state index in [2.05, 4.69) is 10.7 Å². The molecule has 0 aromatic heterocycles. The lowest BCUT2D eigenvalue weighted by Crippen LogP contribution is -2.54. The number of hydrazine groups is 1. The summed E-state index contributed by atoms with van der Waals surface area (Å²) in [6.45, 7) is 1.95. The Morgan fingerprint density at radius 3 is 2.67 bits per heavy atom. The molecule has 94 valence electrons. The summed E-state index contributed by atoms with van der Waals surface area (Å²) in [4.78, 5) is 24.2. The SMILES string of the molecule is CC1CC(=O)C2C(=O)N(c3ccccc3)NC2N1. The largest absolute Gasteiger partial charge is 0.299 e. The summed E-state index contributed by atoms with van der Waals surface area (Å²) in [6, 6.07) is 9.41. The molecule has 3 atom stereocenters. The summed E-state index contributed by atoms with van der Waals surface area (Å²) in [5.74, 6) is -0.751. The van der Waals surface area contributed by atoms with Gasteiger partial charge in [0, 0.05) is 12.5 Å². The Morgan fingerprint density at radius 2 is 1.94 bits per heavy atom. The van der Waals surface area contributed by atoms with E-state index in [-0.39, 0.29) is 23.9 Å². The predicted molar refractivity (Wildman–Crippen MR) is 66.6 cm³/mol. The van der Waals surface area contributed by atoms with Crippen molar-refractivity contribution in [1.82, 2.24) is 10.7 Å². The molecule has 5 heteroatoms. The van der Waals surface area contributed by atoms with Crippen LogP contribution in [0.4, 0.5) is 5.69 Å². The number of carbonyl (C=O) groups excluding carboxylic acids is 2. The number of fused-ring (bicyclic) bond motifs is 1. The fraction of sp³-hybridized carbons (Fsp3) is 0.385. The number of carbonyl (C=O) groups is 2. The van der Waals surface area contributed by atoms with E-state index in [1.807, 2.05) is 37.3 Å². The molecule has 0 spiro atoms. The Bertz CT molecular complexity index is 488. The third-order valence-corrected chi connectivity index (χ3v) is 3.42. The highest BCUT2D eigenvalue weighted by Crippen LogP contribution is 2.26. The summed E-state index contributed by atoms with van der Waals surface area (Å²) in [5.41, 5.74) is 3.83. The minimum Gasteiger partial charge on any atom is -0.299 e. The molecule has 0 aliphatic carbocycles. The molecule has 1 aromatic carbocycles. The van der Waals surface area contributed by atoms with Gasteiger partial charge in [-0.2, -0.15) is 0 Å². The molecule has 2 saturated heterocycles. The second-order valence-corrected chi connectivity index (χ2v) is 4.83. The van der Waals surface area contributed by atoms with Crippen LogP contribution in [0.1, 0.15) is 13.3 Å². The van der Waals surface area contributed by atoms with Gasteiger partial charge in [0.1, 0.15) is 11.7 Å². The molecule has 0 bridgehead atoms. The molecule has 2 fully saturated rings. The van der Waals surface area contributed by atoms with Crippen LogP contribution >= 0.6 is 0 Å². The van der Waals surface area contributed by atoms with E-state index < -0.39 is 5.92 Å². The van der Waals surface area contributed by atoms with Crippen LogP contribution in [0, 0.1) is 5.92 Å². The first-order valence-corrected chi connectivity index (χ1v) is 6.11. The van der Waals surface area contributed by atoms with E-state index in [9.17, 15) is 9.59 Å². The average molecular weight is 245 g/mol. The van der Waals surface area contributed by atoms with Gasteiger partial charge in [0.05, 0.1) is 11.9 Å². The van der Waals surface area contributed by atoms with Crippen LogP contribution in [-0.2, 0) is 9.59 Å². The van der Waals surface area contributed by atoms with Crippen molar-refractivity contribution in [2.45, 2.75) is 25.6 Å². The lowest BCUT2D eigenvalue weighted by atomic mass is 9.91. The maximum absolute atomic E-state index is 12.3. The molecule has 18 heavy (non-hydrogen) atoms. The van der Waals surface area contributed by atoms with E-state index in [4.69, 9.17) is 0 Å². The van der Waals surface area contributed by atoms with Gasteiger partial charge in [0.2, 0.25) is 0 Å². The van der Waals surface area contributed by atoms with Crippen LogP contribution in [0.3, 0.4) is 0 Å². The van der Waals surface area contributed by atoms with E-state index in [0.29, 0.717) is 6.42 Å². The summed E-state index contributed by atoms with van der Waals surface area (Å²) >= 11 is 0. The Kier molecular flexibility index (Phi) is 2.65. The molecular weight excluding hydrogens is 230 g/mol. The lowest BCUT2D eigenvalue weighted by molar-refractivity contribution is -0.133. The van der Waals surface area contributed by atoms with Gasteiger partial charge in [0.25, 0.3) is 5.91 Å². The number of nitrogens with zero attached hydrogens (tertiary/aromatic N) is 1. The second-order valence-electron chi connectivity index (χ2n) is 4.83. The minimum atomic E-state index is -0.596. The number of Topliss-reactive ketones (excluding diaryl/α,β-unsaturated/α-hetero) is 1. The van der Waals surface area contributed by atoms with Crippen molar-refractivity contribution in [1.29, 1.82) is 0 Å². The van der Waals surface area contributed by atoms with Crippen molar-refractivity contribution in [2.75, 3.05) is 5.01 Å². The van der Waals surface area contributed by atoms with E-state index >= 15 is 0 Å². The maximum atomic E-state index is 12.3. The van der Waals surface area contributed by atoms with Gasteiger partial charge in [-0.05, 0) is 19.1 Å². The molecule has 2 aliphatic rings. The molecule has 1 amide bonds. The topological polar surface area (TPSA) is 61.4 Å². The molecule has 3 unspecified atom stereocenters. The number of hydrogen-bond donors (Lipinski definition) is 2. The number of amides is 1. The normalized spacial score (nSPS) is 31.6. The van der Waals surface area contributed by atoms with Gasteiger partial charge >= 0.3 is 0 Å². The van der Waals surface area contributed by atoms with Gasteiger partial charge in [-0.15, -0.1) is 0 Å². The Hall–Kier alpha value is -1.72. The Morgan fingerprint density at radius 1 is 1.22 bits per heavy atom. The number of ketones is 1. The predicted octanol–water partition coefficient (Wildman–Crippen LogP) is 0.431. The van der Waals surface area contributed by atoms with Crippen LogP contribution in [0.15, 0.2) is 30.3 Å². The monoisotopic (exact) mass is 245 g/mol. The fourth-order valence-electron chi connectivity index (χ4n) is 2.59. The average Bonchev–Trinajstić information content (AvgIpc) is 2.67. The molecule has 2 aliphatic heterocycles. The van der Waals surface area contributed by atoms with Gasteiger partial charge in [-0.3, -0.25) is 14.9 Å². The summed E-state index contributed by atoms with van der Waals surface area (Å²) in [7, 11) is 0. The summed E-state index contributed by atoms with van der Waals surface area (Å²) in [5, 5.41) is 4.71. The quantitative estimate of drug-likeness (QED) is 0.704. The molecule has 3 rings (SSSR count). The molecule has 2 N–H and O–H groups in total. The summed E-state index contributed by atoms with van der Waals surface area (Å²) < 4.78 is 0. The molecule has 2 heterocycles. The molecular formula is C13H15N3O2. The van der Waals surface area contributed by atoms with E-state index in [1.165, 1.54) is 5.01 Å². The molecule has 5 nitrogen and oxygen atoms in total. The number of hydrogen-bond acceptors (Lipinski definition) is 4. The first-order valence-electron chi connectivity index (χ1n) is 6.11. The number of piperidine rings is 1. The second kappa shape index (κ2) is 4.19. The van der Waals surface area contributed by atoms with Crippen molar-refractivity contribution in [3.63, 3.8) is 0 Å². The lowest BCUT2D eigenvalue weighted by Gasteiger charge is -2.27. The first-order chi connectivity index (χ1) is 8.66. The smallest absolute Gasteiger partial charge is 0.255 e. The molecule has 1 aromatic rings. The van der Waals surface area contributed by atoms with Gasteiger partial charge in [0.15, 0.2) is 0 Å². The Balaban J connectivity index is 1.89. The maximum Gasteiger partial charge on any atom is 0.255 e. The number of benzene rings is 1. The number of para-hydroxylation sites is 1. The van der Waals surface area contributed by atoms with E-state index in [0.717, 1.165) is 5.69 Å². The number of anilines is 1. The highest BCUT2D eigenvalue weighted by Gasteiger charge is 2.48. The zero-order valence-corrected chi connectivity index (χ0v) is 10.1. The third-order valence-electron chi connectivity index (χ3n) is 3.42. The van der Waals surface area contributed by atoms with Gasteiger partial charge in [-0.25, -0.2) is 10.4 Å². The van der Waals surface area contributed by atoms with Crippen LogP contribution in [0.25, 0.3) is 0 Å². The van der Waals surface area contributed by atoms with Gasteiger partial charge in [-0.1, -0.05) is 18.2 Å². The highest BCUT2D eigenvalue weighted by atomic mass is 16.2. The van der Waals surface area contributed by atoms with Crippen LogP contribution in [0.2, 0.25) is 0 Å². The van der Waals surface area contributed by atoms with Crippen molar-refractivity contribution in [2.24, 2.45) is 5.92 Å². The zero-order chi connectivity index (χ0) is 12.7. The van der Waals surface area contributed by atoms with Crippen molar-refractivity contribution < 1.29 is 9.59 Å². The minimum absolute atomic E-state index is 0.0159. The Labute approximate surface area is 105 Å². The van der Waals surface area contributed by atoms with Crippen LogP contribution in [-0.4, -0.2) is 23.9 Å². The van der Waals surface area contributed by atoms with Crippen molar-refractivity contribution in [3.8, 4) is 0 Å². The van der Waals surface area contributed by atoms with Crippen molar-refractivity contribution >= 4 is 17.4 Å². The van der Waals surface area contributed by atoms with E-state index in [1.54, 1.807) is 0 Å². The first kappa shape index (κ1) is 11.4. The number of nitrogens with one attached hydrogen (secondary N) is 2. The van der Waals surface area contributed by atoms with Gasteiger partial charge < -0.3 is 0 Å². The number of rotatable bonds is 1. The van der Waals surface area contributed by atoms with Crippen molar-refractivity contribution in [3.05, 3.63) is 30.3 Å². The highest BCUT2D eigenvalue weighted by molar-refractivity contribution is 6.11. The zero-order valence-electron chi connectivity index (χ0n) is 10.1. The fourth-order valence-corrected chi connectivity index (χ4v) is 2.59. The van der Waals surface area contributed by atoms with Crippen LogP contribution < -0.4 is 15.8 Å². The molecule has 0 radical (unpaired) electrons. The summed E-state index contributed by atoms with van der Waals surface area (Å²) in [6.07, 6.45) is 0.131. The third kappa shape index (κ3) is 1.72.